The predicted octanol–water partition coefficient (Wildman–Crippen LogP) is 7.07. The molecule has 0 aliphatic heterocycles. The number of fused-ring (bicyclic) bond motifs is 1. The van der Waals surface area contributed by atoms with Gasteiger partial charge in [0.1, 0.15) is 5.82 Å². The Morgan fingerprint density at radius 1 is 1.09 bits per heavy atom. The summed E-state index contributed by atoms with van der Waals surface area (Å²) in [5, 5.41) is 1.09. The second-order valence-electron chi connectivity index (χ2n) is 6.86. The topological polar surface area (TPSA) is 0 Å². The minimum absolute atomic E-state index is 0.0730. The van der Waals surface area contributed by atoms with Gasteiger partial charge in [0, 0.05) is 4.88 Å². The first-order valence-electron chi connectivity index (χ1n) is 8.93. The molecule has 1 aromatic carbocycles. The normalized spacial score (nSPS) is 22.3. The third-order valence-electron chi connectivity index (χ3n) is 5.19. The van der Waals surface area contributed by atoms with Crippen molar-refractivity contribution >= 4 is 21.4 Å². The van der Waals surface area contributed by atoms with E-state index < -0.39 is 0 Å². The maximum Gasteiger partial charge on any atom is 0.144 e. The Balaban J connectivity index is 1.81. The van der Waals surface area contributed by atoms with Crippen LogP contribution in [0.2, 0.25) is 0 Å². The summed E-state index contributed by atoms with van der Waals surface area (Å²) in [6.07, 6.45) is 9.72. The van der Waals surface area contributed by atoms with Gasteiger partial charge in [0.05, 0.1) is 4.70 Å². The van der Waals surface area contributed by atoms with E-state index in [9.17, 15) is 4.39 Å². The Bertz CT molecular complexity index is 620. The van der Waals surface area contributed by atoms with E-state index >= 15 is 0 Å². The van der Waals surface area contributed by atoms with E-state index in [1.807, 2.05) is 0 Å². The molecular weight excluding hydrogens is 291 g/mol. The zero-order chi connectivity index (χ0) is 15.5. The Kier molecular flexibility index (Phi) is 5.18. The van der Waals surface area contributed by atoms with Crippen LogP contribution >= 0.6 is 11.3 Å². The van der Waals surface area contributed by atoms with Crippen LogP contribution in [0.1, 0.15) is 75.2 Å². The average Bonchev–Trinajstić information content (AvgIpc) is 2.93. The van der Waals surface area contributed by atoms with Crippen LogP contribution in [0.25, 0.3) is 10.1 Å². The van der Waals surface area contributed by atoms with Crippen LogP contribution < -0.4 is 0 Å². The lowest BCUT2D eigenvalue weighted by Crippen LogP contribution is -2.14. The lowest BCUT2D eigenvalue weighted by molar-refractivity contribution is 0.305. The van der Waals surface area contributed by atoms with E-state index in [0.717, 1.165) is 34.4 Å². The van der Waals surface area contributed by atoms with Gasteiger partial charge < -0.3 is 0 Å². The summed E-state index contributed by atoms with van der Waals surface area (Å²) in [5.74, 6) is 1.39. The molecule has 1 fully saturated rings. The predicted molar refractivity (Wildman–Crippen MR) is 95.4 cm³/mol. The molecule has 0 radical (unpaired) electrons. The molecule has 0 unspecified atom stereocenters. The van der Waals surface area contributed by atoms with Gasteiger partial charge in [0.15, 0.2) is 0 Å². The first kappa shape index (κ1) is 16.0. The van der Waals surface area contributed by atoms with E-state index in [0.29, 0.717) is 5.92 Å². The quantitative estimate of drug-likeness (QED) is 0.553. The van der Waals surface area contributed by atoms with Crippen molar-refractivity contribution in [2.75, 3.05) is 0 Å². The molecule has 22 heavy (non-hydrogen) atoms. The van der Waals surface area contributed by atoms with Gasteiger partial charge in [0.25, 0.3) is 0 Å². The summed E-state index contributed by atoms with van der Waals surface area (Å²) in [6, 6.07) is 6.38. The SMILES string of the molecule is CCCc1cc2ccc(C3CCC(CCC)CC3)c(F)c2s1. The fourth-order valence-electron chi connectivity index (χ4n) is 3.99. The van der Waals surface area contributed by atoms with Crippen LogP contribution in [0.5, 0.6) is 0 Å². The molecule has 0 bridgehead atoms. The summed E-state index contributed by atoms with van der Waals surface area (Å²) in [6.45, 7) is 4.45. The monoisotopic (exact) mass is 318 g/mol. The standard InChI is InChI=1S/C20H27FS/c1-3-5-14-7-9-15(10-8-14)18-12-11-16-13-17(6-4-2)22-20(16)19(18)21/h11-15H,3-10H2,1-2H3. The molecule has 1 heterocycles. The van der Waals surface area contributed by atoms with Crippen molar-refractivity contribution in [3.05, 3.63) is 34.5 Å². The second kappa shape index (κ2) is 7.12. The third-order valence-corrected chi connectivity index (χ3v) is 6.39. The molecule has 0 amide bonds. The van der Waals surface area contributed by atoms with Gasteiger partial charge in [-0.3, -0.25) is 0 Å². The molecule has 3 rings (SSSR count). The van der Waals surface area contributed by atoms with Crippen LogP contribution in [0.15, 0.2) is 18.2 Å². The van der Waals surface area contributed by atoms with Gasteiger partial charge in [0.2, 0.25) is 0 Å². The van der Waals surface area contributed by atoms with E-state index in [-0.39, 0.29) is 5.82 Å². The molecule has 2 aromatic rings. The smallest absolute Gasteiger partial charge is 0.144 e. The van der Waals surface area contributed by atoms with Crippen molar-refractivity contribution in [2.45, 2.75) is 71.1 Å². The highest BCUT2D eigenvalue weighted by Gasteiger charge is 2.25. The van der Waals surface area contributed by atoms with Gasteiger partial charge in [-0.1, -0.05) is 45.2 Å². The summed E-state index contributed by atoms with van der Waals surface area (Å²) < 4.78 is 15.8. The molecule has 0 N–H and O–H groups in total. The molecule has 0 atom stereocenters. The number of aryl methyl sites for hydroxylation is 1. The summed E-state index contributed by atoms with van der Waals surface area (Å²) >= 11 is 1.66. The van der Waals surface area contributed by atoms with Gasteiger partial charge in [-0.2, -0.15) is 0 Å². The first-order valence-corrected chi connectivity index (χ1v) is 9.75. The third kappa shape index (κ3) is 3.22. The maximum atomic E-state index is 15.0. The number of hydrogen-bond donors (Lipinski definition) is 0. The zero-order valence-electron chi connectivity index (χ0n) is 13.8. The molecule has 0 nitrogen and oxygen atoms in total. The van der Waals surface area contributed by atoms with Crippen LogP contribution in [-0.4, -0.2) is 0 Å². The van der Waals surface area contributed by atoms with Crippen LogP contribution in [0.4, 0.5) is 4.39 Å². The number of benzene rings is 1. The van der Waals surface area contributed by atoms with Crippen molar-refractivity contribution in [1.29, 1.82) is 0 Å². The highest BCUT2D eigenvalue weighted by molar-refractivity contribution is 7.19. The summed E-state index contributed by atoms with van der Waals surface area (Å²) in [4.78, 5) is 1.32. The van der Waals surface area contributed by atoms with Crippen LogP contribution in [0.3, 0.4) is 0 Å². The second-order valence-corrected chi connectivity index (χ2v) is 7.99. The van der Waals surface area contributed by atoms with Crippen LogP contribution in [-0.2, 0) is 6.42 Å². The van der Waals surface area contributed by atoms with Crippen molar-refractivity contribution in [3.8, 4) is 0 Å². The van der Waals surface area contributed by atoms with E-state index in [2.05, 4.69) is 32.0 Å². The Labute approximate surface area is 137 Å². The first-order chi connectivity index (χ1) is 10.7. The highest BCUT2D eigenvalue weighted by Crippen LogP contribution is 2.41. The Morgan fingerprint density at radius 3 is 2.55 bits per heavy atom. The van der Waals surface area contributed by atoms with Crippen molar-refractivity contribution in [1.82, 2.24) is 0 Å². The fraction of sp³-hybridized carbons (Fsp3) is 0.600. The molecule has 1 aliphatic rings. The molecule has 120 valence electrons. The molecule has 0 saturated heterocycles. The largest absolute Gasteiger partial charge is 0.205 e. The molecule has 0 spiro atoms. The molecule has 2 heteroatoms. The minimum Gasteiger partial charge on any atom is -0.205 e. The van der Waals surface area contributed by atoms with Gasteiger partial charge in [-0.15, -0.1) is 11.3 Å². The van der Waals surface area contributed by atoms with Crippen molar-refractivity contribution in [3.63, 3.8) is 0 Å². The van der Waals surface area contributed by atoms with Gasteiger partial charge in [-0.05, 0) is 61.0 Å². The van der Waals surface area contributed by atoms with Gasteiger partial charge >= 0.3 is 0 Å². The number of hydrogen-bond acceptors (Lipinski definition) is 1. The zero-order valence-corrected chi connectivity index (χ0v) is 14.6. The lowest BCUT2D eigenvalue weighted by Gasteiger charge is -2.28. The maximum absolute atomic E-state index is 15.0. The van der Waals surface area contributed by atoms with Crippen LogP contribution in [0, 0.1) is 11.7 Å². The number of halogens is 1. The fourth-order valence-corrected chi connectivity index (χ4v) is 5.20. The molecule has 1 saturated carbocycles. The van der Waals surface area contributed by atoms with E-state index in [1.165, 1.54) is 43.4 Å². The average molecular weight is 319 g/mol. The Hall–Kier alpha value is -0.890. The molecular formula is C20H27FS. The minimum atomic E-state index is 0.0730. The summed E-state index contributed by atoms with van der Waals surface area (Å²) in [7, 11) is 0. The van der Waals surface area contributed by atoms with E-state index in [4.69, 9.17) is 0 Å². The lowest BCUT2D eigenvalue weighted by atomic mass is 9.77. The van der Waals surface area contributed by atoms with Crippen molar-refractivity contribution in [2.24, 2.45) is 5.92 Å². The molecule has 1 aliphatic carbocycles. The summed E-state index contributed by atoms with van der Waals surface area (Å²) in [5.41, 5.74) is 0.979. The molecule has 1 aromatic heterocycles. The number of thiophene rings is 1. The van der Waals surface area contributed by atoms with Gasteiger partial charge in [-0.25, -0.2) is 4.39 Å². The highest BCUT2D eigenvalue weighted by atomic mass is 32.1. The number of rotatable bonds is 5. The van der Waals surface area contributed by atoms with E-state index in [1.54, 1.807) is 11.3 Å². The Morgan fingerprint density at radius 2 is 1.86 bits per heavy atom. The van der Waals surface area contributed by atoms with Crippen molar-refractivity contribution < 1.29 is 4.39 Å².